The van der Waals surface area contributed by atoms with Gasteiger partial charge in [0.05, 0.1) is 16.3 Å². The van der Waals surface area contributed by atoms with Gasteiger partial charge in [-0.15, -0.1) is 11.3 Å². The molecule has 0 aliphatic heterocycles. The fraction of sp³-hybridized carbons (Fsp3) is 0.750. The van der Waals surface area contributed by atoms with Crippen LogP contribution in [-0.4, -0.2) is 15.7 Å². The van der Waals surface area contributed by atoms with Crippen molar-refractivity contribution in [3.05, 3.63) is 16.1 Å². The average molecular weight is 225 g/mol. The largest absolute Gasteiger partial charge is 0.389 e. The number of aliphatic hydroxyl groups is 1. The number of thiazole rings is 1. The summed E-state index contributed by atoms with van der Waals surface area (Å²) in [5, 5.41) is 13.6. The Kier molecular flexibility index (Phi) is 3.12. The van der Waals surface area contributed by atoms with Crippen molar-refractivity contribution >= 4 is 11.3 Å². The number of hydrogen-bond donors (Lipinski definition) is 1. The Morgan fingerprint density at radius 2 is 2.47 bits per heavy atom. The number of aromatic nitrogens is 1. The third kappa shape index (κ3) is 2.79. The van der Waals surface area contributed by atoms with Crippen LogP contribution in [0.25, 0.3) is 0 Å². The van der Waals surface area contributed by atoms with Gasteiger partial charge < -0.3 is 5.11 Å². The Bertz CT molecular complexity index is 336. The van der Waals surface area contributed by atoms with Gasteiger partial charge >= 0.3 is 0 Å². The molecule has 0 aromatic carbocycles. The second-order valence-electron chi connectivity index (χ2n) is 4.96. The number of aryl methyl sites for hydroxylation is 1. The third-order valence-electron chi connectivity index (χ3n) is 3.24. The molecule has 2 unspecified atom stereocenters. The van der Waals surface area contributed by atoms with Gasteiger partial charge in [0.2, 0.25) is 0 Å². The van der Waals surface area contributed by atoms with E-state index in [0.29, 0.717) is 5.92 Å². The standard InChI is InChI=1S/C12H19NOS/c1-9-4-3-5-12(14,6-9)7-11-8-15-10(2)13-11/h8-9,14H,3-7H2,1-2H3. The molecule has 0 spiro atoms. The van der Waals surface area contributed by atoms with E-state index in [2.05, 4.69) is 17.3 Å². The van der Waals surface area contributed by atoms with E-state index in [1.54, 1.807) is 11.3 Å². The zero-order valence-electron chi connectivity index (χ0n) is 9.49. The second-order valence-corrected chi connectivity index (χ2v) is 6.02. The average Bonchev–Trinajstić information content (AvgIpc) is 2.49. The number of rotatable bonds is 2. The van der Waals surface area contributed by atoms with Gasteiger partial charge in [-0.25, -0.2) is 4.98 Å². The van der Waals surface area contributed by atoms with Gasteiger partial charge in [0.25, 0.3) is 0 Å². The molecule has 0 saturated heterocycles. The van der Waals surface area contributed by atoms with Crippen LogP contribution in [0, 0.1) is 12.8 Å². The van der Waals surface area contributed by atoms with Crippen molar-refractivity contribution in [3.63, 3.8) is 0 Å². The maximum atomic E-state index is 10.5. The minimum Gasteiger partial charge on any atom is -0.389 e. The van der Waals surface area contributed by atoms with E-state index in [1.165, 1.54) is 6.42 Å². The fourth-order valence-electron chi connectivity index (χ4n) is 2.62. The first-order valence-electron chi connectivity index (χ1n) is 5.71. The van der Waals surface area contributed by atoms with Crippen molar-refractivity contribution in [2.75, 3.05) is 0 Å². The lowest BCUT2D eigenvalue weighted by Crippen LogP contribution is -2.36. The zero-order valence-corrected chi connectivity index (χ0v) is 10.3. The smallest absolute Gasteiger partial charge is 0.0897 e. The summed E-state index contributed by atoms with van der Waals surface area (Å²) in [6, 6.07) is 0. The summed E-state index contributed by atoms with van der Waals surface area (Å²) in [6.45, 7) is 4.25. The van der Waals surface area contributed by atoms with Crippen molar-refractivity contribution in [1.82, 2.24) is 4.98 Å². The molecule has 1 saturated carbocycles. The Balaban J connectivity index is 2.03. The van der Waals surface area contributed by atoms with Crippen LogP contribution in [0.5, 0.6) is 0 Å². The van der Waals surface area contributed by atoms with Crippen molar-refractivity contribution in [2.24, 2.45) is 5.92 Å². The molecule has 1 aliphatic carbocycles. The van der Waals surface area contributed by atoms with Gasteiger partial charge in [-0.1, -0.05) is 19.8 Å². The first kappa shape index (κ1) is 11.1. The Morgan fingerprint density at radius 1 is 1.67 bits per heavy atom. The van der Waals surface area contributed by atoms with Crippen LogP contribution in [-0.2, 0) is 6.42 Å². The monoisotopic (exact) mass is 225 g/mol. The maximum Gasteiger partial charge on any atom is 0.0897 e. The summed E-state index contributed by atoms with van der Waals surface area (Å²) < 4.78 is 0. The molecule has 1 N–H and O–H groups in total. The molecular formula is C12H19NOS. The molecule has 1 aliphatic rings. The molecule has 3 heteroatoms. The molecular weight excluding hydrogens is 206 g/mol. The highest BCUT2D eigenvalue weighted by Crippen LogP contribution is 2.34. The molecule has 1 aromatic heterocycles. The molecule has 84 valence electrons. The third-order valence-corrected chi connectivity index (χ3v) is 4.07. The Labute approximate surface area is 95.4 Å². The molecule has 2 nitrogen and oxygen atoms in total. The van der Waals surface area contributed by atoms with Crippen molar-refractivity contribution in [1.29, 1.82) is 0 Å². The van der Waals surface area contributed by atoms with Gasteiger partial charge in [-0.3, -0.25) is 0 Å². The molecule has 2 rings (SSSR count). The van der Waals surface area contributed by atoms with Crippen LogP contribution in [0.3, 0.4) is 0 Å². The van der Waals surface area contributed by atoms with Crippen molar-refractivity contribution in [3.8, 4) is 0 Å². The van der Waals surface area contributed by atoms with Crippen LogP contribution in [0.4, 0.5) is 0 Å². The molecule has 1 aromatic rings. The predicted molar refractivity (Wildman–Crippen MR) is 63.1 cm³/mol. The molecule has 15 heavy (non-hydrogen) atoms. The van der Waals surface area contributed by atoms with E-state index in [4.69, 9.17) is 0 Å². The van der Waals surface area contributed by atoms with E-state index < -0.39 is 5.60 Å². The number of nitrogens with zero attached hydrogens (tertiary/aromatic N) is 1. The topological polar surface area (TPSA) is 33.1 Å². The fourth-order valence-corrected chi connectivity index (χ4v) is 3.23. The second kappa shape index (κ2) is 4.22. The van der Waals surface area contributed by atoms with E-state index >= 15 is 0 Å². The first-order valence-corrected chi connectivity index (χ1v) is 6.59. The van der Waals surface area contributed by atoms with Crippen molar-refractivity contribution in [2.45, 2.75) is 51.6 Å². The lowest BCUT2D eigenvalue weighted by molar-refractivity contribution is -0.0130. The van der Waals surface area contributed by atoms with Gasteiger partial charge in [-0.05, 0) is 25.7 Å². The quantitative estimate of drug-likeness (QED) is 0.839. The normalized spacial score (nSPS) is 31.8. The lowest BCUT2D eigenvalue weighted by atomic mass is 9.77. The summed E-state index contributed by atoms with van der Waals surface area (Å²) in [7, 11) is 0. The lowest BCUT2D eigenvalue weighted by Gasteiger charge is -2.35. The van der Waals surface area contributed by atoms with Crippen LogP contribution in [0.1, 0.15) is 43.3 Å². The zero-order chi connectivity index (χ0) is 10.9. The minimum absolute atomic E-state index is 0.488. The summed E-state index contributed by atoms with van der Waals surface area (Å²) in [5.74, 6) is 0.656. The van der Waals surface area contributed by atoms with Gasteiger partial charge in [0.1, 0.15) is 0 Å². The predicted octanol–water partition coefficient (Wildman–Crippen LogP) is 2.94. The molecule has 1 heterocycles. The molecule has 0 amide bonds. The van der Waals surface area contributed by atoms with E-state index in [-0.39, 0.29) is 0 Å². The van der Waals surface area contributed by atoms with E-state index in [9.17, 15) is 5.11 Å². The summed E-state index contributed by atoms with van der Waals surface area (Å²) in [5.41, 5.74) is 0.576. The molecule has 2 atom stereocenters. The SMILES string of the molecule is Cc1nc(CC2(O)CCCC(C)C2)cs1. The highest BCUT2D eigenvalue weighted by molar-refractivity contribution is 7.09. The van der Waals surface area contributed by atoms with Gasteiger partial charge in [-0.2, -0.15) is 0 Å². The van der Waals surface area contributed by atoms with Crippen molar-refractivity contribution < 1.29 is 5.11 Å². The maximum absolute atomic E-state index is 10.5. The van der Waals surface area contributed by atoms with E-state index in [0.717, 1.165) is 36.4 Å². The Morgan fingerprint density at radius 3 is 3.07 bits per heavy atom. The van der Waals surface area contributed by atoms with Crippen LogP contribution in [0.2, 0.25) is 0 Å². The van der Waals surface area contributed by atoms with E-state index in [1.807, 2.05) is 6.92 Å². The summed E-state index contributed by atoms with van der Waals surface area (Å²) >= 11 is 1.67. The highest BCUT2D eigenvalue weighted by atomic mass is 32.1. The highest BCUT2D eigenvalue weighted by Gasteiger charge is 2.33. The summed E-state index contributed by atoms with van der Waals surface area (Å²) in [6.07, 6.45) is 5.03. The van der Waals surface area contributed by atoms with Crippen LogP contribution >= 0.6 is 11.3 Å². The molecule has 0 bridgehead atoms. The van der Waals surface area contributed by atoms with Gasteiger partial charge in [0.15, 0.2) is 0 Å². The van der Waals surface area contributed by atoms with Crippen LogP contribution < -0.4 is 0 Å². The van der Waals surface area contributed by atoms with Gasteiger partial charge in [0, 0.05) is 11.8 Å². The molecule has 1 fully saturated rings. The summed E-state index contributed by atoms with van der Waals surface area (Å²) in [4.78, 5) is 4.43. The number of hydrogen-bond acceptors (Lipinski definition) is 3. The first-order chi connectivity index (χ1) is 7.07. The Hall–Kier alpha value is -0.410. The minimum atomic E-state index is -0.488. The van der Waals surface area contributed by atoms with Crippen LogP contribution in [0.15, 0.2) is 5.38 Å². The molecule has 0 radical (unpaired) electrons.